The van der Waals surface area contributed by atoms with Gasteiger partial charge in [0.25, 0.3) is 0 Å². The van der Waals surface area contributed by atoms with Gasteiger partial charge in [0, 0.05) is 38.2 Å². The van der Waals surface area contributed by atoms with E-state index in [-0.39, 0.29) is 17.2 Å². The minimum absolute atomic E-state index is 0.165. The molecular formula is C25H29N5O3S. The van der Waals surface area contributed by atoms with Crippen molar-refractivity contribution in [3.63, 3.8) is 0 Å². The fourth-order valence-electron chi connectivity index (χ4n) is 4.27. The molecule has 34 heavy (non-hydrogen) atoms. The Labute approximate surface area is 200 Å². The number of sulfonamides is 1. The summed E-state index contributed by atoms with van der Waals surface area (Å²) < 4.78 is 29.6. The first-order chi connectivity index (χ1) is 16.4. The second kappa shape index (κ2) is 10.4. The van der Waals surface area contributed by atoms with Gasteiger partial charge in [0.15, 0.2) is 0 Å². The summed E-state index contributed by atoms with van der Waals surface area (Å²) in [6, 6.07) is 14.0. The van der Waals surface area contributed by atoms with Gasteiger partial charge >= 0.3 is 0 Å². The van der Waals surface area contributed by atoms with Gasteiger partial charge in [-0.3, -0.25) is 4.79 Å². The average molecular weight is 480 g/mol. The van der Waals surface area contributed by atoms with Gasteiger partial charge in [-0.25, -0.2) is 13.4 Å². The van der Waals surface area contributed by atoms with Crippen molar-refractivity contribution in [2.24, 2.45) is 0 Å². The number of rotatable bonds is 9. The summed E-state index contributed by atoms with van der Waals surface area (Å²) in [5.41, 5.74) is 2.58. The molecule has 1 N–H and O–H groups in total. The minimum atomic E-state index is -3.52. The van der Waals surface area contributed by atoms with Gasteiger partial charge in [-0.2, -0.15) is 9.57 Å². The molecular weight excluding hydrogens is 450 g/mol. The second-order valence-corrected chi connectivity index (χ2v) is 10.5. The van der Waals surface area contributed by atoms with Crippen molar-refractivity contribution in [1.82, 2.24) is 13.9 Å². The third kappa shape index (κ3) is 5.13. The number of carbonyl (C=O) groups is 1. The maximum absolute atomic E-state index is 13.0. The van der Waals surface area contributed by atoms with Crippen LogP contribution in [0.3, 0.4) is 0 Å². The van der Waals surface area contributed by atoms with E-state index >= 15 is 0 Å². The average Bonchev–Trinajstić information content (AvgIpc) is 3.50. The van der Waals surface area contributed by atoms with Crippen LogP contribution in [0.15, 0.2) is 47.4 Å². The Morgan fingerprint density at radius 1 is 1.18 bits per heavy atom. The largest absolute Gasteiger partial charge is 0.328 e. The van der Waals surface area contributed by atoms with E-state index in [2.05, 4.69) is 22.9 Å². The number of unbranched alkanes of at least 4 members (excludes halogenated alkanes) is 1. The van der Waals surface area contributed by atoms with Crippen molar-refractivity contribution in [3.8, 4) is 6.07 Å². The maximum Gasteiger partial charge on any atom is 0.243 e. The number of nitriles is 1. The van der Waals surface area contributed by atoms with Crippen LogP contribution in [0.2, 0.25) is 0 Å². The summed E-state index contributed by atoms with van der Waals surface area (Å²) >= 11 is 0. The summed E-state index contributed by atoms with van der Waals surface area (Å²) in [6.07, 6.45) is 4.40. The molecule has 8 nitrogen and oxygen atoms in total. The number of aromatic nitrogens is 2. The molecule has 0 saturated carbocycles. The first-order valence-corrected chi connectivity index (χ1v) is 13.2. The van der Waals surface area contributed by atoms with Crippen molar-refractivity contribution in [2.75, 3.05) is 18.4 Å². The van der Waals surface area contributed by atoms with Crippen LogP contribution in [0.5, 0.6) is 0 Å². The van der Waals surface area contributed by atoms with Crippen molar-refractivity contribution < 1.29 is 13.2 Å². The van der Waals surface area contributed by atoms with E-state index in [0.717, 1.165) is 43.6 Å². The number of hydrogen-bond donors (Lipinski definition) is 1. The first-order valence-electron chi connectivity index (χ1n) is 11.7. The topological polar surface area (TPSA) is 108 Å². The summed E-state index contributed by atoms with van der Waals surface area (Å²) in [6.45, 7) is 3.99. The highest BCUT2D eigenvalue weighted by molar-refractivity contribution is 7.89. The number of imidazole rings is 1. The molecule has 4 rings (SSSR count). The number of hydrogen-bond acceptors (Lipinski definition) is 5. The Kier molecular flexibility index (Phi) is 7.29. The number of nitrogens with one attached hydrogen (secondary N) is 1. The van der Waals surface area contributed by atoms with Crippen LogP contribution in [-0.4, -0.2) is 41.3 Å². The number of carbonyl (C=O) groups excluding carboxylic acids is 1. The lowest BCUT2D eigenvalue weighted by molar-refractivity contribution is -0.116. The third-order valence-corrected chi connectivity index (χ3v) is 7.98. The lowest BCUT2D eigenvalue weighted by Gasteiger charge is -2.15. The monoisotopic (exact) mass is 479 g/mol. The quantitative estimate of drug-likeness (QED) is 0.498. The zero-order valence-electron chi connectivity index (χ0n) is 19.3. The Bertz CT molecular complexity index is 1330. The van der Waals surface area contributed by atoms with Gasteiger partial charge in [-0.05, 0) is 55.7 Å². The molecule has 0 bridgehead atoms. The van der Waals surface area contributed by atoms with Gasteiger partial charge in [0.1, 0.15) is 5.82 Å². The normalized spacial score (nSPS) is 14.4. The minimum Gasteiger partial charge on any atom is -0.328 e. The Balaban J connectivity index is 1.55. The number of nitrogens with zero attached hydrogens (tertiary/aromatic N) is 4. The van der Waals surface area contributed by atoms with Crippen molar-refractivity contribution >= 4 is 32.7 Å². The molecule has 2 aromatic carbocycles. The van der Waals surface area contributed by atoms with Gasteiger partial charge < -0.3 is 9.88 Å². The van der Waals surface area contributed by atoms with Crippen molar-refractivity contribution in [3.05, 3.63) is 53.9 Å². The van der Waals surface area contributed by atoms with Crippen LogP contribution in [0.25, 0.3) is 11.0 Å². The lowest BCUT2D eigenvalue weighted by atomic mass is 10.2. The van der Waals surface area contributed by atoms with E-state index < -0.39 is 10.0 Å². The fourth-order valence-corrected chi connectivity index (χ4v) is 5.81. The highest BCUT2D eigenvalue weighted by atomic mass is 32.2. The smallest absolute Gasteiger partial charge is 0.243 e. The molecule has 2 heterocycles. The fraction of sp³-hybridized carbons (Fsp3) is 0.400. The van der Waals surface area contributed by atoms with Crippen LogP contribution < -0.4 is 5.32 Å². The Morgan fingerprint density at radius 3 is 2.71 bits per heavy atom. The SMILES string of the molecule is CCCCn1c(CCC(=O)Nc2cccc(C#N)c2)nc2cc(S(=O)(=O)N3CCCC3)ccc21. The van der Waals surface area contributed by atoms with E-state index in [4.69, 9.17) is 10.2 Å². The second-order valence-electron chi connectivity index (χ2n) is 8.54. The molecule has 1 aliphatic heterocycles. The molecule has 3 aromatic rings. The summed E-state index contributed by atoms with van der Waals surface area (Å²) in [7, 11) is -3.52. The van der Waals surface area contributed by atoms with E-state index in [1.165, 1.54) is 4.31 Å². The number of benzene rings is 2. The molecule has 1 aliphatic rings. The van der Waals surface area contributed by atoms with E-state index in [1.54, 1.807) is 36.4 Å². The first kappa shape index (κ1) is 23.9. The summed E-state index contributed by atoms with van der Waals surface area (Å²) in [4.78, 5) is 17.5. The van der Waals surface area contributed by atoms with Gasteiger partial charge in [-0.15, -0.1) is 0 Å². The van der Waals surface area contributed by atoms with Crippen LogP contribution in [0.1, 0.15) is 50.4 Å². The van der Waals surface area contributed by atoms with Crippen molar-refractivity contribution in [2.45, 2.75) is 56.9 Å². The number of fused-ring (bicyclic) bond motifs is 1. The van der Waals surface area contributed by atoms with Gasteiger partial charge in [0.05, 0.1) is 27.6 Å². The summed E-state index contributed by atoms with van der Waals surface area (Å²) in [5.74, 6) is 0.599. The van der Waals surface area contributed by atoms with Crippen molar-refractivity contribution in [1.29, 1.82) is 5.26 Å². The molecule has 0 aliphatic carbocycles. The zero-order valence-corrected chi connectivity index (χ0v) is 20.1. The number of amides is 1. The molecule has 178 valence electrons. The van der Waals surface area contributed by atoms with Crippen LogP contribution >= 0.6 is 0 Å². The molecule has 1 aromatic heterocycles. The highest BCUT2D eigenvalue weighted by Crippen LogP contribution is 2.26. The van der Waals surface area contributed by atoms with E-state index in [0.29, 0.717) is 36.3 Å². The molecule has 0 atom stereocenters. The Hall–Kier alpha value is -3.22. The van der Waals surface area contributed by atoms with Gasteiger partial charge in [-0.1, -0.05) is 19.4 Å². The molecule has 1 fully saturated rings. The highest BCUT2D eigenvalue weighted by Gasteiger charge is 2.28. The molecule has 9 heteroatoms. The molecule has 1 saturated heterocycles. The molecule has 1 amide bonds. The van der Waals surface area contributed by atoms with E-state index in [9.17, 15) is 13.2 Å². The standard InChI is InChI=1S/C25H29N5O3S/c1-2-3-15-30-23-10-9-21(34(32,33)29-13-4-5-14-29)17-22(23)28-24(30)11-12-25(31)27-20-8-6-7-19(16-20)18-26/h6-10,16-17H,2-5,11-15H2,1H3,(H,27,31). The van der Waals surface area contributed by atoms with Crippen LogP contribution in [-0.2, 0) is 27.8 Å². The van der Waals surface area contributed by atoms with E-state index in [1.807, 2.05) is 6.07 Å². The predicted molar refractivity (Wildman–Crippen MR) is 131 cm³/mol. The maximum atomic E-state index is 13.0. The van der Waals surface area contributed by atoms with Crippen LogP contribution in [0.4, 0.5) is 5.69 Å². The predicted octanol–water partition coefficient (Wildman–Crippen LogP) is 4.06. The Morgan fingerprint density at radius 2 is 1.97 bits per heavy atom. The molecule has 0 spiro atoms. The molecule has 0 unspecified atom stereocenters. The number of anilines is 1. The molecule has 0 radical (unpaired) electrons. The summed E-state index contributed by atoms with van der Waals surface area (Å²) in [5, 5.41) is 11.9. The van der Waals surface area contributed by atoms with Crippen LogP contribution in [0, 0.1) is 11.3 Å². The van der Waals surface area contributed by atoms with Gasteiger partial charge in [0.2, 0.25) is 15.9 Å². The third-order valence-electron chi connectivity index (χ3n) is 6.09. The zero-order chi connectivity index (χ0) is 24.1. The number of aryl methyl sites for hydroxylation is 2. The lowest BCUT2D eigenvalue weighted by Crippen LogP contribution is -2.27.